The number of alkyl halides is 1. The zero-order valence-electron chi connectivity index (χ0n) is 6.02. The van der Waals surface area contributed by atoms with Crippen LogP contribution < -0.4 is 5.32 Å². The second kappa shape index (κ2) is 3.02. The molecule has 1 aliphatic heterocycles. The highest BCUT2D eigenvalue weighted by molar-refractivity contribution is 9.09. The molecule has 0 aliphatic carbocycles. The Bertz CT molecular complexity index is 94.9. The molecule has 1 rings (SSSR count). The number of nitrogens with one attached hydrogen (secondary N) is 1. The van der Waals surface area contributed by atoms with Crippen LogP contribution in [0.2, 0.25) is 0 Å². The first-order chi connectivity index (χ1) is 4.20. The van der Waals surface area contributed by atoms with Gasteiger partial charge in [0.05, 0.1) is 0 Å². The van der Waals surface area contributed by atoms with E-state index in [1.807, 2.05) is 0 Å². The van der Waals surface area contributed by atoms with E-state index < -0.39 is 0 Å². The molecule has 0 aromatic heterocycles. The minimum atomic E-state index is 0.700. The summed E-state index contributed by atoms with van der Waals surface area (Å²) in [5.74, 6) is 0.793. The van der Waals surface area contributed by atoms with Gasteiger partial charge in [-0.05, 0) is 25.8 Å². The van der Waals surface area contributed by atoms with Gasteiger partial charge in [0.25, 0.3) is 0 Å². The van der Waals surface area contributed by atoms with Crippen molar-refractivity contribution in [3.8, 4) is 0 Å². The summed E-state index contributed by atoms with van der Waals surface area (Å²) in [4.78, 5) is 0.730. The normalized spacial score (nSPS) is 45.0. The molecule has 9 heavy (non-hydrogen) atoms. The van der Waals surface area contributed by atoms with E-state index in [0.717, 1.165) is 17.3 Å². The van der Waals surface area contributed by atoms with Gasteiger partial charge in [-0.25, -0.2) is 0 Å². The van der Waals surface area contributed by atoms with Crippen molar-refractivity contribution < 1.29 is 0 Å². The topological polar surface area (TPSA) is 12.0 Å². The number of piperidine rings is 1. The lowest BCUT2D eigenvalue weighted by molar-refractivity contribution is 0.357. The van der Waals surface area contributed by atoms with Crippen LogP contribution in [0, 0.1) is 5.92 Å². The van der Waals surface area contributed by atoms with Crippen LogP contribution in [-0.2, 0) is 0 Å². The van der Waals surface area contributed by atoms with Crippen molar-refractivity contribution in [2.24, 2.45) is 5.92 Å². The molecular formula is C7H14BrN. The molecule has 0 aromatic carbocycles. The molecule has 54 valence electrons. The fourth-order valence-corrected chi connectivity index (χ4v) is 1.92. The van der Waals surface area contributed by atoms with Crippen LogP contribution in [-0.4, -0.2) is 17.4 Å². The Morgan fingerprint density at radius 2 is 2.11 bits per heavy atom. The molecule has 1 heterocycles. The molecule has 0 amide bonds. The molecule has 0 spiro atoms. The van der Waals surface area contributed by atoms with Crippen molar-refractivity contribution in [2.75, 3.05) is 6.54 Å². The minimum Gasteiger partial charge on any atom is -0.314 e. The largest absolute Gasteiger partial charge is 0.314 e. The first kappa shape index (κ1) is 7.55. The third kappa shape index (κ3) is 1.94. The third-order valence-electron chi connectivity index (χ3n) is 1.98. The Kier molecular flexibility index (Phi) is 2.53. The van der Waals surface area contributed by atoms with Gasteiger partial charge in [0.1, 0.15) is 0 Å². The molecule has 1 aliphatic rings. The van der Waals surface area contributed by atoms with Crippen LogP contribution >= 0.6 is 15.9 Å². The van der Waals surface area contributed by atoms with Crippen molar-refractivity contribution in [3.63, 3.8) is 0 Å². The molecule has 1 nitrogen and oxygen atoms in total. The monoisotopic (exact) mass is 191 g/mol. The molecule has 2 heteroatoms. The Morgan fingerprint density at radius 3 is 2.56 bits per heavy atom. The van der Waals surface area contributed by atoms with E-state index in [0.29, 0.717) is 6.04 Å². The molecule has 0 bridgehead atoms. The summed E-state index contributed by atoms with van der Waals surface area (Å²) in [7, 11) is 0. The molecular weight excluding hydrogens is 178 g/mol. The molecule has 0 saturated carbocycles. The lowest BCUT2D eigenvalue weighted by Crippen LogP contribution is -2.41. The van der Waals surface area contributed by atoms with Crippen molar-refractivity contribution in [3.05, 3.63) is 0 Å². The van der Waals surface area contributed by atoms with Crippen LogP contribution in [0.3, 0.4) is 0 Å². The number of hydrogen-bond donors (Lipinski definition) is 1. The van der Waals surface area contributed by atoms with Gasteiger partial charge >= 0.3 is 0 Å². The fourth-order valence-electron chi connectivity index (χ4n) is 1.17. The second-order valence-corrected chi connectivity index (χ2v) is 4.21. The van der Waals surface area contributed by atoms with Crippen LogP contribution in [0.5, 0.6) is 0 Å². The number of rotatable bonds is 0. The molecule has 1 unspecified atom stereocenters. The van der Waals surface area contributed by atoms with E-state index in [2.05, 4.69) is 35.1 Å². The maximum Gasteiger partial charge on any atom is 0.0198 e. The average molecular weight is 192 g/mol. The quantitative estimate of drug-likeness (QED) is 0.576. The van der Waals surface area contributed by atoms with Gasteiger partial charge in [0.15, 0.2) is 0 Å². The second-order valence-electron chi connectivity index (χ2n) is 3.04. The van der Waals surface area contributed by atoms with Crippen LogP contribution in [0.25, 0.3) is 0 Å². The van der Waals surface area contributed by atoms with Gasteiger partial charge < -0.3 is 5.32 Å². The summed E-state index contributed by atoms with van der Waals surface area (Å²) in [6.07, 6.45) is 1.27. The van der Waals surface area contributed by atoms with Crippen molar-refractivity contribution in [1.82, 2.24) is 5.32 Å². The molecule has 1 N–H and O–H groups in total. The maximum absolute atomic E-state index is 3.65. The van der Waals surface area contributed by atoms with E-state index in [9.17, 15) is 0 Å². The molecule has 1 fully saturated rings. The first-order valence-electron chi connectivity index (χ1n) is 3.57. The van der Waals surface area contributed by atoms with Gasteiger partial charge in [-0.2, -0.15) is 0 Å². The van der Waals surface area contributed by atoms with Gasteiger partial charge in [0, 0.05) is 10.9 Å². The Balaban J connectivity index is 2.35. The smallest absolute Gasteiger partial charge is 0.0198 e. The van der Waals surface area contributed by atoms with Crippen molar-refractivity contribution >= 4 is 15.9 Å². The summed E-state index contributed by atoms with van der Waals surface area (Å²) in [6, 6.07) is 0.700. The lowest BCUT2D eigenvalue weighted by atomic mass is 9.97. The van der Waals surface area contributed by atoms with Crippen molar-refractivity contribution in [2.45, 2.75) is 31.1 Å². The highest BCUT2D eigenvalue weighted by Crippen LogP contribution is 2.21. The molecule has 0 aromatic rings. The molecule has 0 radical (unpaired) electrons. The van der Waals surface area contributed by atoms with Gasteiger partial charge in [-0.15, -0.1) is 0 Å². The van der Waals surface area contributed by atoms with Crippen LogP contribution in [0.1, 0.15) is 20.3 Å². The fraction of sp³-hybridized carbons (Fsp3) is 1.00. The molecule has 3 atom stereocenters. The standard InChI is InChI=1S/C7H14BrN/c1-5-4-9-6(2)3-7(5)8/h5-7,9H,3-4H2,1-2H3/t5-,6+,7?/m0/s1. The molecule has 1 saturated heterocycles. The summed E-state index contributed by atoms with van der Waals surface area (Å²) in [5.41, 5.74) is 0. The van der Waals surface area contributed by atoms with E-state index >= 15 is 0 Å². The van der Waals surface area contributed by atoms with E-state index in [-0.39, 0.29) is 0 Å². The zero-order chi connectivity index (χ0) is 6.85. The maximum atomic E-state index is 3.65. The highest BCUT2D eigenvalue weighted by atomic mass is 79.9. The average Bonchev–Trinajstić information content (AvgIpc) is 1.80. The van der Waals surface area contributed by atoms with Crippen molar-refractivity contribution in [1.29, 1.82) is 0 Å². The lowest BCUT2D eigenvalue weighted by Gasteiger charge is -2.29. The Hall–Kier alpha value is 0.440. The zero-order valence-corrected chi connectivity index (χ0v) is 7.61. The summed E-state index contributed by atoms with van der Waals surface area (Å²) >= 11 is 3.65. The van der Waals surface area contributed by atoms with Gasteiger partial charge in [-0.1, -0.05) is 22.9 Å². The van der Waals surface area contributed by atoms with E-state index in [1.165, 1.54) is 6.42 Å². The summed E-state index contributed by atoms with van der Waals surface area (Å²) in [6.45, 7) is 5.68. The number of halogens is 1. The van der Waals surface area contributed by atoms with Gasteiger partial charge in [-0.3, -0.25) is 0 Å². The summed E-state index contributed by atoms with van der Waals surface area (Å²) in [5, 5.41) is 3.43. The van der Waals surface area contributed by atoms with Gasteiger partial charge in [0.2, 0.25) is 0 Å². The Morgan fingerprint density at radius 1 is 1.44 bits per heavy atom. The Labute approximate surface area is 65.3 Å². The minimum absolute atomic E-state index is 0.700. The predicted octanol–water partition coefficient (Wildman–Crippen LogP) is 1.77. The number of hydrogen-bond acceptors (Lipinski definition) is 1. The SMILES string of the molecule is C[C@@H]1CC(Br)[C@@H](C)CN1. The van der Waals surface area contributed by atoms with Crippen LogP contribution in [0.4, 0.5) is 0 Å². The third-order valence-corrected chi connectivity index (χ3v) is 3.26. The first-order valence-corrected chi connectivity index (χ1v) is 4.49. The predicted molar refractivity (Wildman–Crippen MR) is 44.0 cm³/mol. The van der Waals surface area contributed by atoms with E-state index in [4.69, 9.17) is 0 Å². The highest BCUT2D eigenvalue weighted by Gasteiger charge is 2.21. The van der Waals surface area contributed by atoms with Crippen LogP contribution in [0.15, 0.2) is 0 Å². The van der Waals surface area contributed by atoms with E-state index in [1.54, 1.807) is 0 Å². The summed E-state index contributed by atoms with van der Waals surface area (Å²) < 4.78 is 0.